The van der Waals surface area contributed by atoms with E-state index in [4.69, 9.17) is 4.74 Å². The van der Waals surface area contributed by atoms with E-state index in [1.807, 2.05) is 54.6 Å². The van der Waals surface area contributed by atoms with Gasteiger partial charge in [0.1, 0.15) is 22.9 Å². The van der Waals surface area contributed by atoms with Crippen molar-refractivity contribution in [3.8, 4) is 22.8 Å². The third-order valence-corrected chi connectivity index (χ3v) is 5.57. The van der Waals surface area contributed by atoms with Crippen molar-refractivity contribution in [1.82, 2.24) is 15.1 Å². The first-order valence-electron chi connectivity index (χ1n) is 10.3. The predicted molar refractivity (Wildman–Crippen MR) is 132 cm³/mol. The lowest BCUT2D eigenvalue weighted by atomic mass is 10.1. The second-order valence-electron chi connectivity index (χ2n) is 7.32. The minimum absolute atomic E-state index is 0.239. The van der Waals surface area contributed by atoms with Gasteiger partial charge in [0.05, 0.1) is 10.2 Å². The SMILES string of the molecule is Cn1nc(-c2ccccc2)cc1C(=O)N/C(=C/c1ccc(Oc2ccccc2Br)cc1)C(=O)O. The number of rotatable bonds is 7. The Labute approximate surface area is 204 Å². The maximum absolute atomic E-state index is 12.8. The second-order valence-corrected chi connectivity index (χ2v) is 8.18. The summed E-state index contributed by atoms with van der Waals surface area (Å²) in [6, 6.07) is 25.4. The van der Waals surface area contributed by atoms with Crippen molar-refractivity contribution in [1.29, 1.82) is 0 Å². The van der Waals surface area contributed by atoms with E-state index in [9.17, 15) is 14.7 Å². The molecule has 4 aromatic rings. The Balaban J connectivity index is 1.51. The monoisotopic (exact) mass is 517 g/mol. The number of aliphatic carboxylic acids is 1. The third kappa shape index (κ3) is 5.41. The fraction of sp³-hybridized carbons (Fsp3) is 0.0385. The van der Waals surface area contributed by atoms with Crippen LogP contribution in [-0.2, 0) is 11.8 Å². The normalized spacial score (nSPS) is 11.2. The van der Waals surface area contributed by atoms with Crippen LogP contribution in [0.2, 0.25) is 0 Å². The first-order valence-corrected chi connectivity index (χ1v) is 11.1. The first kappa shape index (κ1) is 23.0. The molecule has 0 saturated carbocycles. The third-order valence-electron chi connectivity index (χ3n) is 4.92. The van der Waals surface area contributed by atoms with Gasteiger partial charge in [-0.2, -0.15) is 5.10 Å². The van der Waals surface area contributed by atoms with E-state index in [2.05, 4.69) is 26.3 Å². The number of ether oxygens (including phenoxy) is 1. The van der Waals surface area contributed by atoms with Gasteiger partial charge in [-0.15, -0.1) is 0 Å². The minimum atomic E-state index is -1.26. The van der Waals surface area contributed by atoms with Gasteiger partial charge in [0.25, 0.3) is 5.91 Å². The number of carboxylic acids is 1. The highest BCUT2D eigenvalue weighted by molar-refractivity contribution is 9.10. The molecule has 0 atom stereocenters. The first-order chi connectivity index (χ1) is 16.4. The van der Waals surface area contributed by atoms with Crippen molar-refractivity contribution in [2.24, 2.45) is 7.05 Å². The number of nitrogens with zero attached hydrogens (tertiary/aromatic N) is 2. The molecule has 0 fully saturated rings. The van der Waals surface area contributed by atoms with Crippen molar-refractivity contribution in [2.45, 2.75) is 0 Å². The van der Waals surface area contributed by atoms with Crippen LogP contribution in [0.5, 0.6) is 11.5 Å². The average Bonchev–Trinajstić information content (AvgIpc) is 3.23. The number of amides is 1. The van der Waals surface area contributed by atoms with Crippen LogP contribution in [0.15, 0.2) is 95.1 Å². The summed E-state index contributed by atoms with van der Waals surface area (Å²) in [4.78, 5) is 24.6. The lowest BCUT2D eigenvalue weighted by Gasteiger charge is -2.08. The zero-order chi connectivity index (χ0) is 24.1. The van der Waals surface area contributed by atoms with E-state index in [0.717, 1.165) is 10.0 Å². The van der Waals surface area contributed by atoms with E-state index in [1.54, 1.807) is 37.4 Å². The fourth-order valence-electron chi connectivity index (χ4n) is 3.22. The molecule has 170 valence electrons. The van der Waals surface area contributed by atoms with Crippen molar-refractivity contribution in [2.75, 3.05) is 0 Å². The Kier molecular flexibility index (Phi) is 6.89. The zero-order valence-electron chi connectivity index (χ0n) is 18.1. The molecule has 0 saturated heterocycles. The summed E-state index contributed by atoms with van der Waals surface area (Å²) >= 11 is 3.43. The van der Waals surface area contributed by atoms with E-state index < -0.39 is 11.9 Å². The Hall–Kier alpha value is -4.17. The number of aromatic nitrogens is 2. The van der Waals surface area contributed by atoms with Gasteiger partial charge in [-0.1, -0.05) is 54.6 Å². The zero-order valence-corrected chi connectivity index (χ0v) is 19.7. The van der Waals surface area contributed by atoms with Gasteiger partial charge in [-0.25, -0.2) is 4.79 Å². The Morgan fingerprint density at radius 1 is 1.00 bits per heavy atom. The topological polar surface area (TPSA) is 93.5 Å². The number of carbonyl (C=O) groups excluding carboxylic acids is 1. The molecule has 0 radical (unpaired) electrons. The summed E-state index contributed by atoms with van der Waals surface area (Å²) in [5, 5.41) is 16.5. The number of aryl methyl sites for hydroxylation is 1. The van der Waals surface area contributed by atoms with Crippen molar-refractivity contribution in [3.63, 3.8) is 0 Å². The minimum Gasteiger partial charge on any atom is -0.477 e. The lowest BCUT2D eigenvalue weighted by Crippen LogP contribution is -2.28. The van der Waals surface area contributed by atoms with E-state index in [0.29, 0.717) is 22.8 Å². The molecule has 1 heterocycles. The van der Waals surface area contributed by atoms with Gasteiger partial charge < -0.3 is 15.2 Å². The summed E-state index contributed by atoms with van der Waals surface area (Å²) in [6.45, 7) is 0. The number of nitrogens with one attached hydrogen (secondary N) is 1. The van der Waals surface area contributed by atoms with E-state index >= 15 is 0 Å². The van der Waals surface area contributed by atoms with Crippen molar-refractivity contribution in [3.05, 3.63) is 106 Å². The molecular weight excluding hydrogens is 498 g/mol. The quantitative estimate of drug-likeness (QED) is 0.316. The van der Waals surface area contributed by atoms with Crippen molar-refractivity contribution >= 4 is 33.9 Å². The summed E-state index contributed by atoms with van der Waals surface area (Å²) in [5.74, 6) is -0.573. The Morgan fingerprint density at radius 2 is 1.68 bits per heavy atom. The smallest absolute Gasteiger partial charge is 0.352 e. The van der Waals surface area contributed by atoms with Gasteiger partial charge in [0.15, 0.2) is 0 Å². The van der Waals surface area contributed by atoms with Crippen molar-refractivity contribution < 1.29 is 19.4 Å². The molecule has 2 N–H and O–H groups in total. The molecule has 0 aliphatic heterocycles. The standard InChI is InChI=1S/C26H20BrN3O4/c1-30-23(16-21(29-30)18-7-3-2-4-8-18)25(31)28-22(26(32)33)15-17-11-13-19(14-12-17)34-24-10-6-5-9-20(24)27/h2-16H,1H3,(H,28,31)(H,32,33)/b22-15+. The highest BCUT2D eigenvalue weighted by atomic mass is 79.9. The van der Waals surface area contributed by atoms with Crippen LogP contribution in [0, 0.1) is 0 Å². The average molecular weight is 518 g/mol. The van der Waals surface area contributed by atoms with Crippen LogP contribution in [-0.4, -0.2) is 26.8 Å². The molecule has 0 bridgehead atoms. The number of hydrogen-bond acceptors (Lipinski definition) is 4. The number of carbonyl (C=O) groups is 2. The maximum atomic E-state index is 12.8. The molecule has 8 heteroatoms. The number of carboxylic acid groups (broad SMARTS) is 1. The summed E-state index contributed by atoms with van der Waals surface area (Å²) in [5.41, 5.74) is 2.05. The molecule has 7 nitrogen and oxygen atoms in total. The van der Waals surface area contributed by atoms with Gasteiger partial charge in [-0.05, 0) is 57.9 Å². The molecule has 4 rings (SSSR count). The molecule has 34 heavy (non-hydrogen) atoms. The lowest BCUT2D eigenvalue weighted by molar-refractivity contribution is -0.132. The molecule has 0 aliphatic rings. The van der Waals surface area contributed by atoms with Gasteiger partial charge in [-0.3, -0.25) is 9.48 Å². The molecular formula is C26H20BrN3O4. The number of hydrogen-bond donors (Lipinski definition) is 2. The molecule has 1 amide bonds. The van der Waals surface area contributed by atoms with Gasteiger partial charge in [0.2, 0.25) is 0 Å². The number of halogens is 1. The predicted octanol–water partition coefficient (Wildman–Crippen LogP) is 5.50. The Morgan fingerprint density at radius 3 is 2.35 bits per heavy atom. The summed E-state index contributed by atoms with van der Waals surface area (Å²) in [6.07, 6.45) is 1.39. The van der Waals surface area contributed by atoms with E-state index in [-0.39, 0.29) is 11.4 Å². The summed E-state index contributed by atoms with van der Waals surface area (Å²) < 4.78 is 8.07. The fourth-order valence-corrected chi connectivity index (χ4v) is 3.59. The van der Waals surface area contributed by atoms with E-state index in [1.165, 1.54) is 10.8 Å². The van der Waals surface area contributed by atoms with Crippen LogP contribution < -0.4 is 10.1 Å². The van der Waals surface area contributed by atoms with Crippen LogP contribution >= 0.6 is 15.9 Å². The van der Waals surface area contributed by atoms with Crippen LogP contribution in [0.3, 0.4) is 0 Å². The van der Waals surface area contributed by atoms with Crippen LogP contribution in [0.25, 0.3) is 17.3 Å². The summed E-state index contributed by atoms with van der Waals surface area (Å²) in [7, 11) is 1.63. The second kappa shape index (κ2) is 10.2. The molecule has 0 spiro atoms. The van der Waals surface area contributed by atoms with Gasteiger partial charge >= 0.3 is 5.97 Å². The molecule has 1 aromatic heterocycles. The largest absolute Gasteiger partial charge is 0.477 e. The highest BCUT2D eigenvalue weighted by Gasteiger charge is 2.18. The maximum Gasteiger partial charge on any atom is 0.352 e. The number of para-hydroxylation sites is 1. The highest BCUT2D eigenvalue weighted by Crippen LogP contribution is 2.29. The number of benzene rings is 3. The molecule has 0 aliphatic carbocycles. The van der Waals surface area contributed by atoms with Crippen LogP contribution in [0.1, 0.15) is 16.1 Å². The van der Waals surface area contributed by atoms with Crippen LogP contribution in [0.4, 0.5) is 0 Å². The molecule has 3 aromatic carbocycles. The Bertz CT molecular complexity index is 1360. The van der Waals surface area contributed by atoms with Gasteiger partial charge in [0, 0.05) is 12.6 Å². The molecule has 0 unspecified atom stereocenters.